The highest BCUT2D eigenvalue weighted by Crippen LogP contribution is 2.17. The quantitative estimate of drug-likeness (QED) is 0.798. The van der Waals surface area contributed by atoms with Gasteiger partial charge in [0.25, 0.3) is 5.91 Å². The third kappa shape index (κ3) is 3.82. The first-order chi connectivity index (χ1) is 9.76. The molecule has 0 aliphatic carbocycles. The van der Waals surface area contributed by atoms with Crippen molar-refractivity contribution in [3.05, 3.63) is 41.2 Å². The average molecular weight is 308 g/mol. The minimum absolute atomic E-state index is 0.262. The van der Waals surface area contributed by atoms with Gasteiger partial charge in [-0.1, -0.05) is 0 Å². The molecule has 0 radical (unpaired) electrons. The molecule has 1 aromatic heterocycles. The SMILES string of the molecule is Cc1n[nH]c(C)c1C(=O)Nc1ccc(NS(C)(=O)=O)cc1. The van der Waals surface area contributed by atoms with Gasteiger partial charge in [-0.2, -0.15) is 5.10 Å². The first-order valence-electron chi connectivity index (χ1n) is 6.17. The van der Waals surface area contributed by atoms with Gasteiger partial charge in [0.1, 0.15) is 0 Å². The van der Waals surface area contributed by atoms with Gasteiger partial charge in [-0.05, 0) is 38.1 Å². The summed E-state index contributed by atoms with van der Waals surface area (Å²) >= 11 is 0. The van der Waals surface area contributed by atoms with E-state index in [0.717, 1.165) is 6.26 Å². The Bertz CT molecular complexity index is 744. The summed E-state index contributed by atoms with van der Waals surface area (Å²) in [6, 6.07) is 6.39. The number of carbonyl (C=O) groups is 1. The Labute approximate surface area is 122 Å². The predicted molar refractivity (Wildman–Crippen MR) is 80.9 cm³/mol. The van der Waals surface area contributed by atoms with Crippen LogP contribution in [0.5, 0.6) is 0 Å². The van der Waals surface area contributed by atoms with Crippen LogP contribution in [0.3, 0.4) is 0 Å². The summed E-state index contributed by atoms with van der Waals surface area (Å²) in [5.41, 5.74) is 2.83. The number of hydrogen-bond donors (Lipinski definition) is 3. The molecule has 3 N–H and O–H groups in total. The van der Waals surface area contributed by atoms with Crippen LogP contribution < -0.4 is 10.0 Å². The molecule has 21 heavy (non-hydrogen) atoms. The number of hydrogen-bond acceptors (Lipinski definition) is 4. The number of sulfonamides is 1. The zero-order chi connectivity index (χ0) is 15.6. The van der Waals surface area contributed by atoms with E-state index < -0.39 is 10.0 Å². The average Bonchev–Trinajstić information content (AvgIpc) is 2.70. The van der Waals surface area contributed by atoms with Gasteiger partial charge in [-0.25, -0.2) is 8.42 Å². The van der Waals surface area contributed by atoms with E-state index in [0.29, 0.717) is 28.3 Å². The first kappa shape index (κ1) is 15.0. The standard InChI is InChI=1S/C13H16N4O3S/c1-8-12(9(2)16-15-8)13(18)14-10-4-6-11(7-5-10)17-21(3,19)20/h4-7,17H,1-3H3,(H,14,18)(H,15,16). The number of rotatable bonds is 4. The predicted octanol–water partition coefficient (Wildman–Crippen LogP) is 1.65. The number of amides is 1. The number of aromatic amines is 1. The molecule has 0 saturated carbocycles. The van der Waals surface area contributed by atoms with Gasteiger partial charge in [0.05, 0.1) is 17.5 Å². The van der Waals surface area contributed by atoms with Gasteiger partial charge >= 0.3 is 0 Å². The van der Waals surface area contributed by atoms with E-state index in [-0.39, 0.29) is 5.91 Å². The van der Waals surface area contributed by atoms with Gasteiger partial charge in [0.15, 0.2) is 0 Å². The minimum Gasteiger partial charge on any atom is -0.322 e. The van der Waals surface area contributed by atoms with Gasteiger partial charge in [-0.15, -0.1) is 0 Å². The number of anilines is 2. The monoisotopic (exact) mass is 308 g/mol. The molecular weight excluding hydrogens is 292 g/mol. The van der Waals surface area contributed by atoms with Crippen molar-refractivity contribution in [3.8, 4) is 0 Å². The molecule has 0 aliphatic rings. The van der Waals surface area contributed by atoms with Crippen LogP contribution in [0.25, 0.3) is 0 Å². The molecule has 1 heterocycles. The maximum absolute atomic E-state index is 12.1. The lowest BCUT2D eigenvalue weighted by molar-refractivity contribution is 0.102. The van der Waals surface area contributed by atoms with Crippen LogP contribution in [-0.2, 0) is 10.0 Å². The number of aryl methyl sites for hydroxylation is 2. The Hall–Kier alpha value is -2.35. The van der Waals surface area contributed by atoms with Crippen LogP contribution in [0.4, 0.5) is 11.4 Å². The molecule has 1 aromatic carbocycles. The van der Waals surface area contributed by atoms with E-state index >= 15 is 0 Å². The number of carbonyl (C=O) groups excluding carboxylic acids is 1. The highest BCUT2D eigenvalue weighted by atomic mass is 32.2. The number of benzene rings is 1. The van der Waals surface area contributed by atoms with Gasteiger partial charge in [0.2, 0.25) is 10.0 Å². The molecule has 8 heteroatoms. The summed E-state index contributed by atoms with van der Waals surface area (Å²) < 4.78 is 24.6. The molecule has 112 valence electrons. The molecule has 2 aromatic rings. The summed E-state index contributed by atoms with van der Waals surface area (Å²) in [5.74, 6) is -0.262. The number of nitrogens with one attached hydrogen (secondary N) is 3. The Morgan fingerprint density at radius 1 is 1.14 bits per heavy atom. The molecule has 0 fully saturated rings. The van der Waals surface area contributed by atoms with Crippen molar-refractivity contribution >= 4 is 27.3 Å². The fourth-order valence-electron chi connectivity index (χ4n) is 1.91. The van der Waals surface area contributed by atoms with Crippen molar-refractivity contribution in [3.63, 3.8) is 0 Å². The lowest BCUT2D eigenvalue weighted by atomic mass is 10.2. The zero-order valence-corrected chi connectivity index (χ0v) is 12.7. The third-order valence-corrected chi connectivity index (χ3v) is 3.41. The lowest BCUT2D eigenvalue weighted by Gasteiger charge is -2.07. The normalized spacial score (nSPS) is 11.2. The van der Waals surface area contributed by atoms with Crippen LogP contribution in [0, 0.1) is 13.8 Å². The molecule has 7 nitrogen and oxygen atoms in total. The second-order valence-electron chi connectivity index (χ2n) is 4.71. The molecule has 0 saturated heterocycles. The minimum atomic E-state index is -3.31. The van der Waals surface area contributed by atoms with Crippen LogP contribution in [-0.4, -0.2) is 30.8 Å². The second kappa shape index (κ2) is 5.57. The summed E-state index contributed by atoms with van der Waals surface area (Å²) in [6.07, 6.45) is 1.08. The lowest BCUT2D eigenvalue weighted by Crippen LogP contribution is -2.14. The van der Waals surface area contributed by atoms with Crippen molar-refractivity contribution < 1.29 is 13.2 Å². The van der Waals surface area contributed by atoms with E-state index in [1.54, 1.807) is 38.1 Å². The summed E-state index contributed by atoms with van der Waals surface area (Å²) in [5, 5.41) is 9.46. The zero-order valence-electron chi connectivity index (χ0n) is 11.9. The first-order valence-corrected chi connectivity index (χ1v) is 8.06. The molecule has 0 bridgehead atoms. The summed E-state index contributed by atoms with van der Waals surface area (Å²) in [6.45, 7) is 3.52. The fourth-order valence-corrected chi connectivity index (χ4v) is 2.48. The van der Waals surface area contributed by atoms with E-state index in [1.165, 1.54) is 0 Å². The number of aromatic nitrogens is 2. The van der Waals surface area contributed by atoms with Crippen LogP contribution in [0.2, 0.25) is 0 Å². The Morgan fingerprint density at radius 2 is 1.71 bits per heavy atom. The highest BCUT2D eigenvalue weighted by molar-refractivity contribution is 7.92. The van der Waals surface area contributed by atoms with Gasteiger partial charge in [-0.3, -0.25) is 14.6 Å². The van der Waals surface area contributed by atoms with Crippen molar-refractivity contribution in [2.24, 2.45) is 0 Å². The Morgan fingerprint density at radius 3 is 2.19 bits per heavy atom. The van der Waals surface area contributed by atoms with Crippen LogP contribution >= 0.6 is 0 Å². The highest BCUT2D eigenvalue weighted by Gasteiger charge is 2.15. The molecule has 2 rings (SSSR count). The van der Waals surface area contributed by atoms with E-state index in [9.17, 15) is 13.2 Å². The molecule has 0 atom stereocenters. The number of nitrogens with zero attached hydrogens (tertiary/aromatic N) is 1. The van der Waals surface area contributed by atoms with Gasteiger partial charge in [0, 0.05) is 17.1 Å². The molecule has 1 amide bonds. The van der Waals surface area contributed by atoms with Crippen LogP contribution in [0.15, 0.2) is 24.3 Å². The van der Waals surface area contributed by atoms with E-state index in [1.807, 2.05) is 0 Å². The van der Waals surface area contributed by atoms with E-state index in [2.05, 4.69) is 20.2 Å². The van der Waals surface area contributed by atoms with Crippen molar-refractivity contribution in [1.29, 1.82) is 0 Å². The number of H-pyrrole nitrogens is 1. The topological polar surface area (TPSA) is 104 Å². The molecule has 0 unspecified atom stereocenters. The summed E-state index contributed by atoms with van der Waals surface area (Å²) in [7, 11) is -3.31. The molecule has 0 aliphatic heterocycles. The molecular formula is C13H16N4O3S. The second-order valence-corrected chi connectivity index (χ2v) is 6.46. The Balaban J connectivity index is 2.12. The fraction of sp³-hybridized carbons (Fsp3) is 0.231. The smallest absolute Gasteiger partial charge is 0.259 e. The van der Waals surface area contributed by atoms with E-state index in [4.69, 9.17) is 0 Å². The van der Waals surface area contributed by atoms with Gasteiger partial charge < -0.3 is 5.32 Å². The van der Waals surface area contributed by atoms with Crippen molar-refractivity contribution in [1.82, 2.24) is 10.2 Å². The van der Waals surface area contributed by atoms with Crippen molar-refractivity contribution in [2.45, 2.75) is 13.8 Å². The largest absolute Gasteiger partial charge is 0.322 e. The Kier molecular flexibility index (Phi) is 3.99. The maximum atomic E-state index is 12.1. The van der Waals surface area contributed by atoms with Crippen molar-refractivity contribution in [2.75, 3.05) is 16.3 Å². The van der Waals surface area contributed by atoms with Crippen LogP contribution in [0.1, 0.15) is 21.7 Å². The molecule has 0 spiro atoms. The maximum Gasteiger partial charge on any atom is 0.259 e. The third-order valence-electron chi connectivity index (χ3n) is 2.80. The summed E-state index contributed by atoms with van der Waals surface area (Å²) in [4.78, 5) is 12.1.